The monoisotopic (exact) mass is 234 g/mol. The number of nitrogens with zero attached hydrogens (tertiary/aromatic N) is 1. The first kappa shape index (κ1) is 12.9. The summed E-state index contributed by atoms with van der Waals surface area (Å²) in [7, 11) is -3.15. The van der Waals surface area contributed by atoms with Crippen LogP contribution in [0.25, 0.3) is 0 Å². The van der Waals surface area contributed by atoms with E-state index in [0.29, 0.717) is 6.54 Å². The molecule has 90 valence electrons. The molecule has 0 aliphatic carbocycles. The summed E-state index contributed by atoms with van der Waals surface area (Å²) in [6.07, 6.45) is 3.54. The van der Waals surface area contributed by atoms with E-state index in [1.54, 1.807) is 0 Å². The molecule has 15 heavy (non-hydrogen) atoms. The second kappa shape index (κ2) is 5.27. The summed E-state index contributed by atoms with van der Waals surface area (Å²) in [6.45, 7) is 4.43. The summed E-state index contributed by atoms with van der Waals surface area (Å²) in [5, 5.41) is 0. The molecule has 0 aromatic heterocycles. The third-order valence-electron chi connectivity index (χ3n) is 2.65. The third kappa shape index (κ3) is 3.74. The van der Waals surface area contributed by atoms with Crippen LogP contribution in [0.5, 0.6) is 0 Å². The van der Waals surface area contributed by atoms with E-state index in [4.69, 9.17) is 5.73 Å². The van der Waals surface area contributed by atoms with Crippen LogP contribution in [0.4, 0.5) is 0 Å². The van der Waals surface area contributed by atoms with Crippen molar-refractivity contribution in [3.05, 3.63) is 0 Å². The van der Waals surface area contributed by atoms with Gasteiger partial charge in [-0.15, -0.1) is 0 Å². The first-order valence-electron chi connectivity index (χ1n) is 5.68. The van der Waals surface area contributed by atoms with E-state index < -0.39 is 10.0 Å². The van der Waals surface area contributed by atoms with E-state index in [-0.39, 0.29) is 17.8 Å². The molecule has 1 rings (SSSR count). The summed E-state index contributed by atoms with van der Waals surface area (Å²) in [6, 6.07) is 0. The van der Waals surface area contributed by atoms with Gasteiger partial charge in [0, 0.05) is 6.54 Å². The number of sulfonamides is 1. The van der Waals surface area contributed by atoms with Crippen molar-refractivity contribution in [3.63, 3.8) is 0 Å². The second-order valence-corrected chi connectivity index (χ2v) is 6.67. The molecular formula is C10H22N2O2S. The zero-order valence-electron chi connectivity index (χ0n) is 9.65. The molecule has 0 saturated carbocycles. The lowest BCUT2D eigenvalue weighted by molar-refractivity contribution is 0.327. The minimum Gasteiger partial charge on any atom is -0.315 e. The van der Waals surface area contributed by atoms with Crippen LogP contribution in [0.1, 0.15) is 39.5 Å². The average molecular weight is 234 g/mol. The van der Waals surface area contributed by atoms with Crippen molar-refractivity contribution in [1.29, 1.82) is 0 Å². The molecule has 1 heterocycles. The molecule has 2 N–H and O–H groups in total. The van der Waals surface area contributed by atoms with Gasteiger partial charge < -0.3 is 5.73 Å². The number of nitrogens with two attached hydrogens (primary N) is 1. The van der Waals surface area contributed by atoms with Crippen LogP contribution in [0.15, 0.2) is 0 Å². The summed E-state index contributed by atoms with van der Waals surface area (Å²) in [5.74, 6) is 0.367. The maximum Gasteiger partial charge on any atom is 0.215 e. The molecule has 0 amide bonds. The van der Waals surface area contributed by atoms with Crippen LogP contribution >= 0.6 is 0 Å². The Morgan fingerprint density at radius 2 is 2.00 bits per heavy atom. The number of hydrogen-bond donors (Lipinski definition) is 1. The molecular weight excluding hydrogens is 212 g/mol. The lowest BCUT2D eigenvalue weighted by Crippen LogP contribution is -2.46. The van der Waals surface area contributed by atoms with E-state index in [9.17, 15) is 8.42 Å². The van der Waals surface area contributed by atoms with Crippen LogP contribution < -0.4 is 5.73 Å². The summed E-state index contributed by atoms with van der Waals surface area (Å²) in [4.78, 5) is 0. The minimum atomic E-state index is -3.15. The highest BCUT2D eigenvalue weighted by atomic mass is 32.2. The molecule has 1 saturated heterocycles. The van der Waals surface area contributed by atoms with E-state index in [1.807, 2.05) is 13.8 Å². The normalized spacial score (nSPS) is 25.5. The van der Waals surface area contributed by atoms with Crippen molar-refractivity contribution in [1.82, 2.24) is 4.31 Å². The molecule has 0 radical (unpaired) electrons. The van der Waals surface area contributed by atoms with Gasteiger partial charge in [0.05, 0.1) is 11.9 Å². The molecule has 5 heteroatoms. The highest BCUT2D eigenvalue weighted by Crippen LogP contribution is 2.18. The molecule has 4 nitrogen and oxygen atoms in total. The van der Waals surface area contributed by atoms with Gasteiger partial charge in [0.2, 0.25) is 10.0 Å². The van der Waals surface area contributed by atoms with Gasteiger partial charge >= 0.3 is 0 Å². The van der Waals surface area contributed by atoms with Gasteiger partial charge in [0.25, 0.3) is 0 Å². The highest BCUT2D eigenvalue weighted by molar-refractivity contribution is 7.89. The Labute approximate surface area is 92.9 Å². The van der Waals surface area contributed by atoms with E-state index in [0.717, 1.165) is 25.7 Å². The first-order valence-corrected chi connectivity index (χ1v) is 7.29. The highest BCUT2D eigenvalue weighted by Gasteiger charge is 2.29. The average Bonchev–Trinajstić information content (AvgIpc) is 2.27. The van der Waals surface area contributed by atoms with Gasteiger partial charge in [0.15, 0.2) is 0 Å². The van der Waals surface area contributed by atoms with Crippen LogP contribution in [-0.2, 0) is 10.0 Å². The van der Waals surface area contributed by atoms with Gasteiger partial charge in [0.1, 0.15) is 0 Å². The Kier molecular flexibility index (Phi) is 4.55. The Morgan fingerprint density at radius 1 is 1.33 bits per heavy atom. The van der Waals surface area contributed by atoms with Gasteiger partial charge in [-0.3, -0.25) is 0 Å². The smallest absolute Gasteiger partial charge is 0.215 e. The SMILES string of the molecule is CC(C)CS(=O)(=O)N1CCCCCC1N. The molecule has 0 bridgehead atoms. The number of rotatable bonds is 3. The predicted molar refractivity (Wildman–Crippen MR) is 61.8 cm³/mol. The van der Waals surface area contributed by atoms with Crippen molar-refractivity contribution in [2.45, 2.75) is 45.7 Å². The summed E-state index contributed by atoms with van der Waals surface area (Å²) >= 11 is 0. The maximum absolute atomic E-state index is 12.0. The van der Waals surface area contributed by atoms with E-state index in [1.165, 1.54) is 4.31 Å². The lowest BCUT2D eigenvalue weighted by atomic mass is 10.2. The second-order valence-electron chi connectivity index (χ2n) is 4.70. The van der Waals surface area contributed by atoms with Gasteiger partial charge in [-0.05, 0) is 18.8 Å². The van der Waals surface area contributed by atoms with Gasteiger partial charge in [-0.1, -0.05) is 26.7 Å². The van der Waals surface area contributed by atoms with Crippen molar-refractivity contribution in [3.8, 4) is 0 Å². The van der Waals surface area contributed by atoms with Crippen LogP contribution in [-0.4, -0.2) is 31.2 Å². The summed E-state index contributed by atoms with van der Waals surface area (Å²) in [5.41, 5.74) is 5.89. The Morgan fingerprint density at radius 3 is 2.60 bits per heavy atom. The van der Waals surface area contributed by atoms with E-state index in [2.05, 4.69) is 0 Å². The zero-order valence-corrected chi connectivity index (χ0v) is 10.5. The van der Waals surface area contributed by atoms with Crippen LogP contribution in [0.3, 0.4) is 0 Å². The Bertz CT molecular complexity index is 288. The standard InChI is InChI=1S/C10H22N2O2S/c1-9(2)8-15(13,14)12-7-5-3-4-6-10(12)11/h9-10H,3-8,11H2,1-2H3. The van der Waals surface area contributed by atoms with Crippen molar-refractivity contribution in [2.75, 3.05) is 12.3 Å². The summed E-state index contributed by atoms with van der Waals surface area (Å²) < 4.78 is 25.5. The molecule has 1 aliphatic heterocycles. The molecule has 1 aliphatic rings. The largest absolute Gasteiger partial charge is 0.315 e. The fourth-order valence-electron chi connectivity index (χ4n) is 1.97. The third-order valence-corrected chi connectivity index (χ3v) is 4.91. The molecule has 1 atom stereocenters. The van der Waals surface area contributed by atoms with Crippen molar-refractivity contribution in [2.24, 2.45) is 11.7 Å². The van der Waals surface area contributed by atoms with Crippen LogP contribution in [0, 0.1) is 5.92 Å². The first-order chi connectivity index (χ1) is 6.93. The maximum atomic E-state index is 12.0. The van der Waals surface area contributed by atoms with Crippen LogP contribution in [0.2, 0.25) is 0 Å². The van der Waals surface area contributed by atoms with Gasteiger partial charge in [-0.2, -0.15) is 4.31 Å². The van der Waals surface area contributed by atoms with E-state index >= 15 is 0 Å². The molecule has 0 aromatic carbocycles. The number of hydrogen-bond acceptors (Lipinski definition) is 3. The molecule has 0 aromatic rings. The topological polar surface area (TPSA) is 63.4 Å². The molecule has 0 spiro atoms. The fourth-order valence-corrected chi connectivity index (χ4v) is 3.93. The minimum absolute atomic E-state index is 0.158. The predicted octanol–water partition coefficient (Wildman–Crippen LogP) is 1.13. The van der Waals surface area contributed by atoms with Gasteiger partial charge in [-0.25, -0.2) is 8.42 Å². The molecule has 1 unspecified atom stereocenters. The van der Waals surface area contributed by atoms with Crippen molar-refractivity contribution >= 4 is 10.0 Å². The fraction of sp³-hybridized carbons (Fsp3) is 1.00. The quantitative estimate of drug-likeness (QED) is 0.796. The Balaban J connectivity index is 2.74. The molecule has 1 fully saturated rings. The lowest BCUT2D eigenvalue weighted by Gasteiger charge is -2.26. The Hall–Kier alpha value is -0.130. The zero-order chi connectivity index (χ0) is 11.5. The van der Waals surface area contributed by atoms with Crippen molar-refractivity contribution < 1.29 is 8.42 Å².